The predicted octanol–water partition coefficient (Wildman–Crippen LogP) is 1.67. The van der Waals surface area contributed by atoms with Crippen LogP contribution >= 0.6 is 11.3 Å². The summed E-state index contributed by atoms with van der Waals surface area (Å²) in [5, 5.41) is 10.5. The van der Waals surface area contributed by atoms with Crippen molar-refractivity contribution in [2.45, 2.75) is 6.54 Å². The maximum Gasteiger partial charge on any atom is 0.328 e. The van der Waals surface area contributed by atoms with Gasteiger partial charge in [0.25, 0.3) is 0 Å². The number of rotatable bonds is 5. The summed E-state index contributed by atoms with van der Waals surface area (Å²) in [5.41, 5.74) is 3.39. The molecular weight excluding hydrogens is 264 g/mol. The standard InChI is InChI=1S/C12H12N4O2S/c1-16(6-10-7-19-8-15-10)12-13-4-9(5-14-12)2-3-11(17)18/h2-5,7-8H,6H2,1H3,(H,17,18)/b3-2+. The van der Waals surface area contributed by atoms with Crippen molar-refractivity contribution in [3.8, 4) is 0 Å². The number of aromatic nitrogens is 3. The zero-order chi connectivity index (χ0) is 13.7. The molecule has 0 saturated heterocycles. The average molecular weight is 276 g/mol. The normalized spacial score (nSPS) is 10.8. The number of anilines is 1. The van der Waals surface area contributed by atoms with Gasteiger partial charge in [-0.2, -0.15) is 0 Å². The minimum absolute atomic E-state index is 0.570. The molecule has 19 heavy (non-hydrogen) atoms. The first kappa shape index (κ1) is 13.2. The van der Waals surface area contributed by atoms with Crippen molar-refractivity contribution in [1.29, 1.82) is 0 Å². The number of hydrogen-bond acceptors (Lipinski definition) is 6. The molecule has 0 aliphatic heterocycles. The molecule has 2 aromatic rings. The second kappa shape index (κ2) is 6.05. The molecule has 0 bridgehead atoms. The number of thiazole rings is 1. The number of aliphatic carboxylic acids is 1. The summed E-state index contributed by atoms with van der Waals surface area (Å²) in [6.07, 6.45) is 5.67. The van der Waals surface area contributed by atoms with Crippen molar-refractivity contribution >= 4 is 29.3 Å². The van der Waals surface area contributed by atoms with E-state index in [-0.39, 0.29) is 0 Å². The van der Waals surface area contributed by atoms with E-state index in [0.29, 0.717) is 18.1 Å². The molecule has 2 rings (SSSR count). The van der Waals surface area contributed by atoms with Crippen LogP contribution in [0.5, 0.6) is 0 Å². The third-order valence-electron chi connectivity index (χ3n) is 2.30. The number of hydrogen-bond donors (Lipinski definition) is 1. The van der Waals surface area contributed by atoms with Crippen LogP contribution in [0.25, 0.3) is 6.08 Å². The Balaban J connectivity index is 2.03. The molecule has 0 saturated carbocycles. The number of carboxylic acids is 1. The summed E-state index contributed by atoms with van der Waals surface area (Å²) in [7, 11) is 1.88. The smallest absolute Gasteiger partial charge is 0.328 e. The molecule has 0 aromatic carbocycles. The van der Waals surface area contributed by atoms with Gasteiger partial charge in [-0.15, -0.1) is 11.3 Å². The van der Waals surface area contributed by atoms with Crippen LogP contribution in [0.2, 0.25) is 0 Å². The molecule has 0 amide bonds. The molecule has 2 aromatic heterocycles. The topological polar surface area (TPSA) is 79.2 Å². The van der Waals surface area contributed by atoms with Gasteiger partial charge in [0.05, 0.1) is 17.7 Å². The van der Waals surface area contributed by atoms with Crippen molar-refractivity contribution in [3.63, 3.8) is 0 Å². The Kier molecular flexibility index (Phi) is 4.19. The van der Waals surface area contributed by atoms with Gasteiger partial charge in [-0.05, 0) is 6.08 Å². The predicted molar refractivity (Wildman–Crippen MR) is 72.9 cm³/mol. The minimum Gasteiger partial charge on any atom is -0.478 e. The first-order valence-electron chi connectivity index (χ1n) is 5.46. The third-order valence-corrected chi connectivity index (χ3v) is 2.94. The first-order valence-corrected chi connectivity index (χ1v) is 6.40. The van der Waals surface area contributed by atoms with E-state index >= 15 is 0 Å². The van der Waals surface area contributed by atoms with E-state index in [4.69, 9.17) is 5.11 Å². The Morgan fingerprint density at radius 1 is 1.42 bits per heavy atom. The van der Waals surface area contributed by atoms with E-state index in [1.54, 1.807) is 29.2 Å². The van der Waals surface area contributed by atoms with Gasteiger partial charge in [-0.25, -0.2) is 19.7 Å². The zero-order valence-corrected chi connectivity index (χ0v) is 11.0. The van der Waals surface area contributed by atoms with E-state index in [1.165, 1.54) is 6.08 Å². The van der Waals surface area contributed by atoms with Crippen molar-refractivity contribution in [3.05, 3.63) is 40.6 Å². The van der Waals surface area contributed by atoms with E-state index in [2.05, 4.69) is 15.0 Å². The van der Waals surface area contributed by atoms with Crippen LogP contribution in [0.15, 0.2) is 29.4 Å². The van der Waals surface area contributed by atoms with Crippen LogP contribution < -0.4 is 4.90 Å². The highest BCUT2D eigenvalue weighted by atomic mass is 32.1. The summed E-state index contributed by atoms with van der Waals surface area (Å²) in [4.78, 5) is 24.8. The molecule has 6 nitrogen and oxygen atoms in total. The Hall–Kier alpha value is -2.28. The van der Waals surface area contributed by atoms with Gasteiger partial charge in [-0.1, -0.05) is 0 Å². The summed E-state index contributed by atoms with van der Waals surface area (Å²) >= 11 is 1.55. The van der Waals surface area contributed by atoms with Gasteiger partial charge in [0.2, 0.25) is 5.95 Å². The van der Waals surface area contributed by atoms with E-state index < -0.39 is 5.97 Å². The molecule has 0 aliphatic rings. The molecule has 0 radical (unpaired) electrons. The Morgan fingerprint density at radius 3 is 2.74 bits per heavy atom. The van der Waals surface area contributed by atoms with Crippen LogP contribution in [-0.2, 0) is 11.3 Å². The largest absolute Gasteiger partial charge is 0.478 e. The summed E-state index contributed by atoms with van der Waals surface area (Å²) in [6.45, 7) is 0.633. The monoisotopic (exact) mass is 276 g/mol. The van der Waals surface area contributed by atoms with Crippen molar-refractivity contribution in [2.24, 2.45) is 0 Å². The first-order chi connectivity index (χ1) is 9.15. The van der Waals surface area contributed by atoms with Crippen LogP contribution in [-0.4, -0.2) is 33.1 Å². The summed E-state index contributed by atoms with van der Waals surface area (Å²) < 4.78 is 0. The quantitative estimate of drug-likeness (QED) is 0.837. The molecule has 7 heteroatoms. The molecule has 0 spiro atoms. The average Bonchev–Trinajstić information content (AvgIpc) is 2.89. The van der Waals surface area contributed by atoms with E-state index in [9.17, 15) is 4.79 Å². The Bertz CT molecular complexity index is 566. The maximum absolute atomic E-state index is 10.4. The molecule has 0 atom stereocenters. The molecule has 0 aliphatic carbocycles. The highest BCUT2D eigenvalue weighted by Gasteiger charge is 2.06. The van der Waals surface area contributed by atoms with E-state index in [1.807, 2.05) is 17.3 Å². The maximum atomic E-state index is 10.4. The Labute approximate surface area is 114 Å². The van der Waals surface area contributed by atoms with Crippen molar-refractivity contribution in [2.75, 3.05) is 11.9 Å². The molecule has 1 N–H and O–H groups in total. The van der Waals surface area contributed by atoms with Crippen molar-refractivity contribution in [1.82, 2.24) is 15.0 Å². The van der Waals surface area contributed by atoms with Gasteiger partial charge in [-0.3, -0.25) is 0 Å². The molecular formula is C12H12N4O2S. The SMILES string of the molecule is CN(Cc1cscn1)c1ncc(/C=C/C(=O)O)cn1. The van der Waals surface area contributed by atoms with Crippen LogP contribution in [0.3, 0.4) is 0 Å². The van der Waals surface area contributed by atoms with Crippen LogP contribution in [0, 0.1) is 0 Å². The minimum atomic E-state index is -0.996. The van der Waals surface area contributed by atoms with Gasteiger partial charge in [0.15, 0.2) is 0 Å². The molecule has 98 valence electrons. The number of carbonyl (C=O) groups is 1. The highest BCUT2D eigenvalue weighted by molar-refractivity contribution is 7.07. The van der Waals surface area contributed by atoms with E-state index in [0.717, 1.165) is 11.8 Å². The fourth-order valence-electron chi connectivity index (χ4n) is 1.41. The second-order valence-electron chi connectivity index (χ2n) is 3.82. The highest BCUT2D eigenvalue weighted by Crippen LogP contribution is 2.10. The molecule has 0 fully saturated rings. The summed E-state index contributed by atoms with van der Waals surface area (Å²) in [5.74, 6) is -0.426. The van der Waals surface area contributed by atoms with Gasteiger partial charge in [0, 0.05) is 36.5 Å². The lowest BCUT2D eigenvalue weighted by atomic mass is 10.3. The van der Waals surface area contributed by atoms with Gasteiger partial charge < -0.3 is 10.0 Å². The van der Waals surface area contributed by atoms with Gasteiger partial charge in [0.1, 0.15) is 0 Å². The molecule has 2 heterocycles. The van der Waals surface area contributed by atoms with Crippen molar-refractivity contribution < 1.29 is 9.90 Å². The third kappa shape index (κ3) is 3.85. The van der Waals surface area contributed by atoms with Gasteiger partial charge >= 0.3 is 5.97 Å². The van der Waals surface area contributed by atoms with Crippen LogP contribution in [0.4, 0.5) is 5.95 Å². The number of nitrogens with zero attached hydrogens (tertiary/aromatic N) is 4. The second-order valence-corrected chi connectivity index (χ2v) is 4.54. The molecule has 0 unspecified atom stereocenters. The lowest BCUT2D eigenvalue weighted by Crippen LogP contribution is -2.19. The fraction of sp³-hybridized carbons (Fsp3) is 0.167. The summed E-state index contributed by atoms with van der Waals surface area (Å²) in [6, 6.07) is 0. The zero-order valence-electron chi connectivity index (χ0n) is 10.2. The Morgan fingerprint density at radius 2 is 2.16 bits per heavy atom. The lowest BCUT2D eigenvalue weighted by Gasteiger charge is -2.15. The van der Waals surface area contributed by atoms with Crippen LogP contribution in [0.1, 0.15) is 11.3 Å². The fourth-order valence-corrected chi connectivity index (χ4v) is 1.96. The number of carboxylic acid groups (broad SMARTS) is 1. The lowest BCUT2D eigenvalue weighted by molar-refractivity contribution is -0.131.